The highest BCUT2D eigenvalue weighted by molar-refractivity contribution is 5.77. The number of hydrogen-bond acceptors (Lipinski definition) is 3. The van der Waals surface area contributed by atoms with Crippen molar-refractivity contribution in [3.63, 3.8) is 0 Å². The van der Waals surface area contributed by atoms with Gasteiger partial charge in [0.15, 0.2) is 11.6 Å². The number of nitrogens with one attached hydrogen (secondary N) is 1. The molecule has 0 radical (unpaired) electrons. The number of benzene rings is 1. The second kappa shape index (κ2) is 6.96. The van der Waals surface area contributed by atoms with Crippen molar-refractivity contribution < 1.29 is 13.9 Å². The van der Waals surface area contributed by atoms with Gasteiger partial charge in [0, 0.05) is 6.54 Å². The maximum absolute atomic E-state index is 13.6. The second-order valence-corrected chi connectivity index (χ2v) is 4.24. The first-order chi connectivity index (χ1) is 8.52. The lowest BCUT2D eigenvalue weighted by Gasteiger charge is -2.11. The molecule has 0 bridgehead atoms. The number of carbonyl (C=O) groups excluding carboxylic acids is 1. The fourth-order valence-electron chi connectivity index (χ4n) is 1.47. The van der Waals surface area contributed by atoms with Crippen molar-refractivity contribution in [1.29, 1.82) is 0 Å². The van der Waals surface area contributed by atoms with Crippen LogP contribution in [0.3, 0.4) is 0 Å². The molecule has 1 aromatic carbocycles. The molecular formula is C13H19FN2O2. The van der Waals surface area contributed by atoms with Gasteiger partial charge in [-0.05, 0) is 38.0 Å². The molecule has 0 aliphatic rings. The summed E-state index contributed by atoms with van der Waals surface area (Å²) in [4.78, 5) is 10.9. The molecule has 100 valence electrons. The van der Waals surface area contributed by atoms with Gasteiger partial charge in [-0.25, -0.2) is 4.39 Å². The standard InChI is InChI=1S/C13H19FN2O2/c1-9(2)18-12-4-3-10(7-11(12)14)5-6-16-13(17)8-15/h3-4,7,9H,5-6,8,15H2,1-2H3,(H,16,17). The quantitative estimate of drug-likeness (QED) is 0.802. The zero-order valence-corrected chi connectivity index (χ0v) is 10.7. The van der Waals surface area contributed by atoms with Crippen molar-refractivity contribution in [2.75, 3.05) is 13.1 Å². The van der Waals surface area contributed by atoms with Gasteiger partial charge in [0.05, 0.1) is 12.6 Å². The van der Waals surface area contributed by atoms with Gasteiger partial charge < -0.3 is 15.8 Å². The Balaban J connectivity index is 2.53. The molecule has 5 heteroatoms. The van der Waals surface area contributed by atoms with Crippen molar-refractivity contribution in [2.45, 2.75) is 26.4 Å². The van der Waals surface area contributed by atoms with E-state index in [1.807, 2.05) is 13.8 Å². The normalized spacial score (nSPS) is 10.5. The van der Waals surface area contributed by atoms with Gasteiger partial charge in [0.2, 0.25) is 5.91 Å². The number of ether oxygens (including phenoxy) is 1. The fourth-order valence-corrected chi connectivity index (χ4v) is 1.47. The number of amides is 1. The molecule has 1 amide bonds. The third-order valence-electron chi connectivity index (χ3n) is 2.28. The predicted octanol–water partition coefficient (Wildman–Crippen LogP) is 1.23. The molecule has 3 N–H and O–H groups in total. The van der Waals surface area contributed by atoms with E-state index in [2.05, 4.69) is 5.32 Å². The van der Waals surface area contributed by atoms with Crippen LogP contribution in [0.15, 0.2) is 18.2 Å². The highest BCUT2D eigenvalue weighted by Crippen LogP contribution is 2.19. The van der Waals surface area contributed by atoms with Gasteiger partial charge in [0.1, 0.15) is 0 Å². The SMILES string of the molecule is CC(C)Oc1ccc(CCNC(=O)CN)cc1F. The van der Waals surface area contributed by atoms with Crippen LogP contribution < -0.4 is 15.8 Å². The minimum atomic E-state index is -0.383. The zero-order valence-electron chi connectivity index (χ0n) is 10.7. The van der Waals surface area contributed by atoms with E-state index in [1.54, 1.807) is 12.1 Å². The van der Waals surface area contributed by atoms with E-state index >= 15 is 0 Å². The molecular weight excluding hydrogens is 235 g/mol. The number of carbonyl (C=O) groups is 1. The first kappa shape index (κ1) is 14.4. The van der Waals surface area contributed by atoms with E-state index in [1.165, 1.54) is 6.07 Å². The smallest absolute Gasteiger partial charge is 0.233 e. The van der Waals surface area contributed by atoms with E-state index in [0.29, 0.717) is 13.0 Å². The number of hydrogen-bond donors (Lipinski definition) is 2. The van der Waals surface area contributed by atoms with Crippen molar-refractivity contribution in [2.24, 2.45) is 5.73 Å². The van der Waals surface area contributed by atoms with E-state index < -0.39 is 0 Å². The van der Waals surface area contributed by atoms with Crippen LogP contribution in [0.1, 0.15) is 19.4 Å². The Bertz CT molecular complexity index is 408. The van der Waals surface area contributed by atoms with Crippen LogP contribution >= 0.6 is 0 Å². The van der Waals surface area contributed by atoms with Crippen LogP contribution in [0, 0.1) is 5.82 Å². The Morgan fingerprint density at radius 3 is 2.78 bits per heavy atom. The molecule has 0 heterocycles. The van der Waals surface area contributed by atoms with Crippen molar-refractivity contribution in [1.82, 2.24) is 5.32 Å². The summed E-state index contributed by atoms with van der Waals surface area (Å²) in [7, 11) is 0. The molecule has 0 atom stereocenters. The van der Waals surface area contributed by atoms with Crippen LogP contribution in [0.5, 0.6) is 5.75 Å². The van der Waals surface area contributed by atoms with E-state index in [4.69, 9.17) is 10.5 Å². The van der Waals surface area contributed by atoms with Gasteiger partial charge >= 0.3 is 0 Å². The largest absolute Gasteiger partial charge is 0.488 e. The molecule has 4 nitrogen and oxygen atoms in total. The monoisotopic (exact) mass is 254 g/mol. The maximum atomic E-state index is 13.6. The third-order valence-corrected chi connectivity index (χ3v) is 2.28. The lowest BCUT2D eigenvalue weighted by atomic mass is 10.1. The average molecular weight is 254 g/mol. The molecule has 0 aliphatic heterocycles. The Kier molecular flexibility index (Phi) is 5.58. The van der Waals surface area contributed by atoms with Crippen LogP contribution in [-0.4, -0.2) is 25.1 Å². The summed E-state index contributed by atoms with van der Waals surface area (Å²) in [6.45, 7) is 4.10. The van der Waals surface area contributed by atoms with Gasteiger partial charge in [-0.1, -0.05) is 6.07 Å². The predicted molar refractivity (Wildman–Crippen MR) is 67.9 cm³/mol. The first-order valence-electron chi connectivity index (χ1n) is 5.94. The van der Waals surface area contributed by atoms with E-state index in [-0.39, 0.29) is 30.1 Å². The van der Waals surface area contributed by atoms with Gasteiger partial charge in [-0.3, -0.25) is 4.79 Å². The Morgan fingerprint density at radius 2 is 2.22 bits per heavy atom. The second-order valence-electron chi connectivity index (χ2n) is 4.24. The summed E-state index contributed by atoms with van der Waals surface area (Å²) < 4.78 is 18.9. The summed E-state index contributed by atoms with van der Waals surface area (Å²) in [5.74, 6) is -0.346. The molecule has 18 heavy (non-hydrogen) atoms. The topological polar surface area (TPSA) is 64.3 Å². The lowest BCUT2D eigenvalue weighted by molar-refractivity contribution is -0.119. The zero-order chi connectivity index (χ0) is 13.5. The van der Waals surface area contributed by atoms with Crippen LogP contribution in [-0.2, 0) is 11.2 Å². The number of nitrogens with two attached hydrogens (primary N) is 1. The van der Waals surface area contributed by atoms with Crippen molar-refractivity contribution in [3.05, 3.63) is 29.6 Å². The van der Waals surface area contributed by atoms with Crippen LogP contribution in [0.25, 0.3) is 0 Å². The fraction of sp³-hybridized carbons (Fsp3) is 0.462. The summed E-state index contributed by atoms with van der Waals surface area (Å²) in [6.07, 6.45) is 0.499. The average Bonchev–Trinajstić information content (AvgIpc) is 2.32. The Hall–Kier alpha value is -1.62. The van der Waals surface area contributed by atoms with Gasteiger partial charge in [-0.2, -0.15) is 0 Å². The van der Waals surface area contributed by atoms with Crippen LogP contribution in [0.2, 0.25) is 0 Å². The van der Waals surface area contributed by atoms with Gasteiger partial charge in [0.25, 0.3) is 0 Å². The Morgan fingerprint density at radius 1 is 1.50 bits per heavy atom. The molecule has 0 spiro atoms. The molecule has 0 fully saturated rings. The first-order valence-corrected chi connectivity index (χ1v) is 5.94. The molecule has 0 saturated carbocycles. The minimum absolute atomic E-state index is 0.0322. The van der Waals surface area contributed by atoms with Crippen molar-refractivity contribution >= 4 is 5.91 Å². The van der Waals surface area contributed by atoms with Gasteiger partial charge in [-0.15, -0.1) is 0 Å². The number of rotatable bonds is 6. The van der Waals surface area contributed by atoms with Crippen LogP contribution in [0.4, 0.5) is 4.39 Å². The summed E-state index contributed by atoms with van der Waals surface area (Å²) >= 11 is 0. The van der Waals surface area contributed by atoms with E-state index in [9.17, 15) is 9.18 Å². The summed E-state index contributed by atoms with van der Waals surface area (Å²) in [6, 6.07) is 4.82. The summed E-state index contributed by atoms with van der Waals surface area (Å²) in [5.41, 5.74) is 5.96. The molecule has 0 aliphatic carbocycles. The molecule has 0 saturated heterocycles. The molecule has 0 aromatic heterocycles. The highest BCUT2D eigenvalue weighted by Gasteiger charge is 2.06. The lowest BCUT2D eigenvalue weighted by Crippen LogP contribution is -2.31. The third kappa shape index (κ3) is 4.71. The molecule has 0 unspecified atom stereocenters. The minimum Gasteiger partial charge on any atom is -0.488 e. The Labute approximate surface area is 106 Å². The van der Waals surface area contributed by atoms with Crippen molar-refractivity contribution in [3.8, 4) is 5.75 Å². The maximum Gasteiger partial charge on any atom is 0.233 e. The molecule has 1 rings (SSSR count). The van der Waals surface area contributed by atoms with E-state index in [0.717, 1.165) is 5.56 Å². The summed E-state index contributed by atoms with van der Waals surface area (Å²) in [5, 5.41) is 2.63. The number of halogens is 1. The highest BCUT2D eigenvalue weighted by atomic mass is 19.1. The molecule has 1 aromatic rings.